The second kappa shape index (κ2) is 12.3. The number of benzene rings is 2. The first kappa shape index (κ1) is 23.9. The minimum atomic E-state index is -1.66. The molecule has 0 bridgehead atoms. The van der Waals surface area contributed by atoms with E-state index in [4.69, 9.17) is 9.16 Å². The molecule has 0 atom stereocenters. The Morgan fingerprint density at radius 2 is 1.17 bits per heavy atom. The normalized spacial score (nSPS) is 12.3. The topological polar surface area (TPSA) is 18.5 Å². The summed E-state index contributed by atoms with van der Waals surface area (Å²) < 4.78 is 13.1. The highest BCUT2D eigenvalue weighted by Crippen LogP contribution is 2.33. The molecule has 0 unspecified atom stereocenters. The van der Waals surface area contributed by atoms with Crippen molar-refractivity contribution in [2.45, 2.75) is 65.1 Å². The lowest BCUT2D eigenvalue weighted by Gasteiger charge is -2.38. The van der Waals surface area contributed by atoms with Crippen molar-refractivity contribution in [3.05, 3.63) is 71.8 Å². The Morgan fingerprint density at radius 1 is 0.690 bits per heavy atom. The molecule has 160 valence electrons. The van der Waals surface area contributed by atoms with Crippen LogP contribution in [0.1, 0.15) is 45.2 Å². The summed E-state index contributed by atoms with van der Waals surface area (Å²) in [6, 6.07) is 25.2. The Bertz CT molecular complexity index is 618. The average molecular weight is 413 g/mol. The summed E-state index contributed by atoms with van der Waals surface area (Å²) in [6.07, 6.45) is 3.01. The van der Waals surface area contributed by atoms with Gasteiger partial charge in [-0.25, -0.2) is 0 Å². The molecule has 3 heteroatoms. The standard InChI is InChI=1S/C26H40O2Si/c1-5-19-27-22-26(20-24-15-11-9-12-16-24,21-25-17-13-10-14-18-25)23-28-29(6-2,7-3)8-4/h9-18H,5-8,19-23H2,1-4H3. The number of hydrogen-bond donors (Lipinski definition) is 0. The van der Waals surface area contributed by atoms with Gasteiger partial charge in [-0.15, -0.1) is 0 Å². The van der Waals surface area contributed by atoms with Crippen molar-refractivity contribution in [2.24, 2.45) is 5.41 Å². The van der Waals surface area contributed by atoms with Crippen LogP contribution in [0.15, 0.2) is 60.7 Å². The minimum Gasteiger partial charge on any atom is -0.416 e. The van der Waals surface area contributed by atoms with Crippen molar-refractivity contribution < 1.29 is 9.16 Å². The van der Waals surface area contributed by atoms with Crippen LogP contribution in [0.2, 0.25) is 18.1 Å². The third-order valence-electron chi connectivity index (χ3n) is 6.22. The quantitative estimate of drug-likeness (QED) is 0.248. The van der Waals surface area contributed by atoms with Crippen molar-refractivity contribution in [3.8, 4) is 0 Å². The van der Waals surface area contributed by atoms with Crippen LogP contribution in [0, 0.1) is 5.41 Å². The molecule has 0 radical (unpaired) electrons. The molecule has 2 nitrogen and oxygen atoms in total. The van der Waals surface area contributed by atoms with Crippen LogP contribution >= 0.6 is 0 Å². The monoisotopic (exact) mass is 412 g/mol. The molecule has 0 spiro atoms. The second-order valence-corrected chi connectivity index (χ2v) is 13.2. The third-order valence-corrected chi connectivity index (χ3v) is 10.8. The van der Waals surface area contributed by atoms with Gasteiger partial charge in [0.15, 0.2) is 8.32 Å². The van der Waals surface area contributed by atoms with Crippen molar-refractivity contribution in [2.75, 3.05) is 19.8 Å². The first-order chi connectivity index (χ1) is 14.1. The van der Waals surface area contributed by atoms with Crippen LogP contribution in [0.4, 0.5) is 0 Å². The van der Waals surface area contributed by atoms with Crippen LogP contribution in [0.25, 0.3) is 0 Å². The summed E-state index contributed by atoms with van der Waals surface area (Å²) in [5.41, 5.74) is 2.68. The molecule has 0 amide bonds. The van der Waals surface area contributed by atoms with E-state index in [0.717, 1.165) is 39.1 Å². The SMILES string of the molecule is CCCOCC(CO[Si](CC)(CC)CC)(Cc1ccccc1)Cc1ccccc1. The van der Waals surface area contributed by atoms with E-state index < -0.39 is 8.32 Å². The van der Waals surface area contributed by atoms with E-state index >= 15 is 0 Å². The zero-order chi connectivity index (χ0) is 21.0. The highest BCUT2D eigenvalue weighted by molar-refractivity contribution is 6.73. The first-order valence-corrected chi connectivity index (χ1v) is 13.9. The van der Waals surface area contributed by atoms with Gasteiger partial charge < -0.3 is 9.16 Å². The number of ether oxygens (including phenoxy) is 1. The molecule has 29 heavy (non-hydrogen) atoms. The Labute approximate surface area is 179 Å². The molecular weight excluding hydrogens is 372 g/mol. The van der Waals surface area contributed by atoms with E-state index in [1.165, 1.54) is 29.3 Å². The summed E-state index contributed by atoms with van der Waals surface area (Å²) in [5.74, 6) is 0. The highest BCUT2D eigenvalue weighted by Gasteiger charge is 2.37. The van der Waals surface area contributed by atoms with Gasteiger partial charge in [0, 0.05) is 18.6 Å². The molecule has 2 aromatic carbocycles. The van der Waals surface area contributed by atoms with Gasteiger partial charge in [-0.3, -0.25) is 0 Å². The van der Waals surface area contributed by atoms with Crippen molar-refractivity contribution in [1.29, 1.82) is 0 Å². The van der Waals surface area contributed by atoms with Gasteiger partial charge in [-0.05, 0) is 48.5 Å². The van der Waals surface area contributed by atoms with E-state index in [9.17, 15) is 0 Å². The predicted molar refractivity (Wildman–Crippen MR) is 127 cm³/mol. The average Bonchev–Trinajstić information content (AvgIpc) is 2.77. The van der Waals surface area contributed by atoms with E-state index in [-0.39, 0.29) is 5.41 Å². The van der Waals surface area contributed by atoms with Crippen LogP contribution in [0.3, 0.4) is 0 Å². The molecule has 0 aliphatic carbocycles. The zero-order valence-electron chi connectivity index (χ0n) is 19.0. The molecule has 2 rings (SSSR count). The van der Waals surface area contributed by atoms with Crippen molar-refractivity contribution in [3.63, 3.8) is 0 Å². The fourth-order valence-electron chi connectivity index (χ4n) is 4.16. The molecule has 0 aliphatic heterocycles. The number of rotatable bonds is 14. The zero-order valence-corrected chi connectivity index (χ0v) is 20.0. The molecule has 0 heterocycles. The summed E-state index contributed by atoms with van der Waals surface area (Å²) in [5, 5.41) is 0. The fourth-order valence-corrected chi connectivity index (χ4v) is 6.89. The van der Waals surface area contributed by atoms with Crippen LogP contribution in [-0.4, -0.2) is 28.1 Å². The lowest BCUT2D eigenvalue weighted by atomic mass is 9.78. The lowest BCUT2D eigenvalue weighted by molar-refractivity contribution is 0.0103. The first-order valence-electron chi connectivity index (χ1n) is 11.4. The maximum Gasteiger partial charge on any atom is 0.192 e. The summed E-state index contributed by atoms with van der Waals surface area (Å²) in [7, 11) is -1.66. The van der Waals surface area contributed by atoms with Crippen LogP contribution in [-0.2, 0) is 22.0 Å². The van der Waals surface area contributed by atoms with Crippen molar-refractivity contribution in [1.82, 2.24) is 0 Å². The predicted octanol–water partition coefficient (Wildman–Crippen LogP) is 6.91. The molecule has 0 saturated carbocycles. The minimum absolute atomic E-state index is 0.0460. The van der Waals surface area contributed by atoms with Gasteiger partial charge in [0.25, 0.3) is 0 Å². The van der Waals surface area contributed by atoms with Gasteiger partial charge in [-0.2, -0.15) is 0 Å². The van der Waals surface area contributed by atoms with Crippen LogP contribution < -0.4 is 0 Å². The Balaban J connectivity index is 2.33. The molecule has 0 aromatic heterocycles. The van der Waals surface area contributed by atoms with Gasteiger partial charge in [0.05, 0.1) is 6.61 Å². The Kier molecular flexibility index (Phi) is 10.1. The van der Waals surface area contributed by atoms with Gasteiger partial charge in [0.2, 0.25) is 0 Å². The second-order valence-electron chi connectivity index (χ2n) is 8.41. The van der Waals surface area contributed by atoms with E-state index in [1.54, 1.807) is 0 Å². The summed E-state index contributed by atoms with van der Waals surface area (Å²) >= 11 is 0. The third kappa shape index (κ3) is 7.40. The highest BCUT2D eigenvalue weighted by atomic mass is 28.4. The summed E-state index contributed by atoms with van der Waals surface area (Å²) in [4.78, 5) is 0. The largest absolute Gasteiger partial charge is 0.416 e. The summed E-state index contributed by atoms with van der Waals surface area (Å²) in [6.45, 7) is 11.4. The van der Waals surface area contributed by atoms with Crippen molar-refractivity contribution >= 4 is 8.32 Å². The number of hydrogen-bond acceptors (Lipinski definition) is 2. The van der Waals surface area contributed by atoms with Crippen LogP contribution in [0.5, 0.6) is 0 Å². The van der Waals surface area contributed by atoms with Gasteiger partial charge in [0.1, 0.15) is 0 Å². The molecule has 0 aliphatic rings. The smallest absolute Gasteiger partial charge is 0.192 e. The molecule has 0 saturated heterocycles. The maximum absolute atomic E-state index is 6.88. The van der Waals surface area contributed by atoms with Gasteiger partial charge >= 0.3 is 0 Å². The Hall–Kier alpha value is -1.42. The molecule has 0 fully saturated rings. The maximum atomic E-state index is 6.88. The van der Waals surface area contributed by atoms with E-state index in [2.05, 4.69) is 88.4 Å². The molecular formula is C26H40O2Si. The van der Waals surface area contributed by atoms with Gasteiger partial charge in [-0.1, -0.05) is 88.4 Å². The van der Waals surface area contributed by atoms with E-state index in [0.29, 0.717) is 0 Å². The van der Waals surface area contributed by atoms with E-state index in [1.807, 2.05) is 0 Å². The lowest BCUT2D eigenvalue weighted by Crippen LogP contribution is -2.44. The fraction of sp³-hybridized carbons (Fsp3) is 0.538. The molecule has 0 N–H and O–H groups in total. The molecule has 2 aromatic rings. The Morgan fingerprint density at radius 3 is 1.59 bits per heavy atom.